The minimum atomic E-state index is -0.292. The van der Waals surface area contributed by atoms with E-state index in [4.69, 9.17) is 11.6 Å². The number of halogens is 1. The lowest BCUT2D eigenvalue weighted by molar-refractivity contribution is 0.0517. The van der Waals surface area contributed by atoms with Crippen LogP contribution in [-0.4, -0.2) is 64.2 Å². The molecule has 1 aliphatic heterocycles. The van der Waals surface area contributed by atoms with Gasteiger partial charge in [-0.3, -0.25) is 9.69 Å². The molecule has 1 aliphatic rings. The lowest BCUT2D eigenvalue weighted by Crippen LogP contribution is -2.50. The molecule has 0 aliphatic carbocycles. The van der Waals surface area contributed by atoms with Crippen LogP contribution in [0.2, 0.25) is 5.02 Å². The lowest BCUT2D eigenvalue weighted by Gasteiger charge is -2.35. The maximum atomic E-state index is 12.9. The first-order valence-corrected chi connectivity index (χ1v) is 8.83. The number of aliphatic hydroxyl groups excluding tert-OH is 1. The minimum absolute atomic E-state index is 0.0191. The average molecular weight is 350 g/mol. The number of β-amino-alcohol motifs (C(OH)–C–C–N with tert-alkyl or cyclic N) is 1. The molecule has 1 aromatic heterocycles. The van der Waals surface area contributed by atoms with Crippen LogP contribution in [0.3, 0.4) is 0 Å². The van der Waals surface area contributed by atoms with Gasteiger partial charge in [0.25, 0.3) is 5.91 Å². The zero-order valence-corrected chi connectivity index (χ0v) is 15.0. The third kappa shape index (κ3) is 3.16. The molecule has 0 radical (unpaired) electrons. The summed E-state index contributed by atoms with van der Waals surface area (Å²) in [6.45, 7) is 5.54. The Morgan fingerprint density at radius 2 is 1.92 bits per heavy atom. The Labute approximate surface area is 147 Å². The Bertz CT molecular complexity index is 696. The number of para-hydroxylation sites is 1. The van der Waals surface area contributed by atoms with Crippen molar-refractivity contribution in [2.24, 2.45) is 7.05 Å². The SMILES string of the molecule is CC[C@H](O)CN1CCN(C(=O)c2c(Cl)c3ccccc3n2C)CC1. The number of aliphatic hydroxyl groups is 1. The summed E-state index contributed by atoms with van der Waals surface area (Å²) in [5.74, 6) is -0.0191. The summed E-state index contributed by atoms with van der Waals surface area (Å²) in [4.78, 5) is 17.0. The van der Waals surface area contributed by atoms with Crippen LogP contribution in [0.4, 0.5) is 0 Å². The van der Waals surface area contributed by atoms with Gasteiger partial charge in [-0.2, -0.15) is 0 Å². The van der Waals surface area contributed by atoms with Gasteiger partial charge in [-0.25, -0.2) is 0 Å². The fourth-order valence-electron chi connectivity index (χ4n) is 3.29. The largest absolute Gasteiger partial charge is 0.392 e. The molecule has 0 bridgehead atoms. The number of piperazine rings is 1. The number of hydrogen-bond acceptors (Lipinski definition) is 3. The summed E-state index contributed by atoms with van der Waals surface area (Å²) < 4.78 is 1.88. The van der Waals surface area contributed by atoms with Crippen molar-refractivity contribution in [3.05, 3.63) is 35.0 Å². The number of nitrogens with zero attached hydrogens (tertiary/aromatic N) is 3. The quantitative estimate of drug-likeness (QED) is 0.921. The Morgan fingerprint density at radius 3 is 2.54 bits per heavy atom. The first-order chi connectivity index (χ1) is 11.5. The Hall–Kier alpha value is -1.56. The second-order valence-corrected chi connectivity index (χ2v) is 6.77. The molecule has 3 rings (SSSR count). The van der Waals surface area contributed by atoms with E-state index in [0.29, 0.717) is 30.4 Å². The number of hydrogen-bond donors (Lipinski definition) is 1. The van der Waals surface area contributed by atoms with E-state index in [-0.39, 0.29) is 12.0 Å². The number of aryl methyl sites for hydroxylation is 1. The highest BCUT2D eigenvalue weighted by atomic mass is 35.5. The van der Waals surface area contributed by atoms with Crippen molar-refractivity contribution in [1.82, 2.24) is 14.4 Å². The van der Waals surface area contributed by atoms with Crippen molar-refractivity contribution in [3.8, 4) is 0 Å². The summed E-state index contributed by atoms with van der Waals surface area (Å²) in [6.07, 6.45) is 0.463. The van der Waals surface area contributed by atoms with Crippen LogP contribution in [0.1, 0.15) is 23.8 Å². The van der Waals surface area contributed by atoms with E-state index in [0.717, 1.165) is 30.4 Å². The van der Waals surface area contributed by atoms with Crippen LogP contribution < -0.4 is 0 Å². The topological polar surface area (TPSA) is 48.7 Å². The first kappa shape index (κ1) is 17.3. The summed E-state index contributed by atoms with van der Waals surface area (Å²) >= 11 is 6.48. The van der Waals surface area contributed by atoms with E-state index in [1.807, 2.05) is 47.7 Å². The monoisotopic (exact) mass is 349 g/mol. The van der Waals surface area contributed by atoms with Crippen LogP contribution >= 0.6 is 11.6 Å². The highest BCUT2D eigenvalue weighted by Gasteiger charge is 2.27. The second kappa shape index (κ2) is 7.13. The number of amides is 1. The molecule has 130 valence electrons. The fourth-order valence-corrected chi connectivity index (χ4v) is 3.66. The molecule has 2 aromatic rings. The number of benzene rings is 1. The number of aromatic nitrogens is 1. The number of fused-ring (bicyclic) bond motifs is 1. The number of rotatable bonds is 4. The van der Waals surface area contributed by atoms with Gasteiger partial charge in [-0.1, -0.05) is 36.7 Å². The van der Waals surface area contributed by atoms with Gasteiger partial charge in [-0.05, 0) is 12.5 Å². The van der Waals surface area contributed by atoms with Crippen molar-refractivity contribution < 1.29 is 9.90 Å². The maximum absolute atomic E-state index is 12.9. The molecule has 1 amide bonds. The normalized spacial score (nSPS) is 17.4. The van der Waals surface area contributed by atoms with Gasteiger partial charge in [-0.15, -0.1) is 0 Å². The average Bonchev–Trinajstić information content (AvgIpc) is 2.86. The summed E-state index contributed by atoms with van der Waals surface area (Å²) in [5.41, 5.74) is 1.52. The van der Waals surface area contributed by atoms with Crippen molar-refractivity contribution in [3.63, 3.8) is 0 Å². The van der Waals surface area contributed by atoms with E-state index in [1.54, 1.807) is 0 Å². The van der Waals surface area contributed by atoms with Crippen molar-refractivity contribution in [2.45, 2.75) is 19.4 Å². The van der Waals surface area contributed by atoms with Gasteiger partial charge in [0.05, 0.1) is 11.1 Å². The van der Waals surface area contributed by atoms with Crippen LogP contribution in [0.5, 0.6) is 0 Å². The molecule has 1 saturated heterocycles. The molecular formula is C18H24ClN3O2. The second-order valence-electron chi connectivity index (χ2n) is 6.39. The van der Waals surface area contributed by atoms with Gasteiger partial charge in [0.2, 0.25) is 0 Å². The van der Waals surface area contributed by atoms with Crippen LogP contribution in [0.25, 0.3) is 10.9 Å². The van der Waals surface area contributed by atoms with E-state index < -0.39 is 0 Å². The van der Waals surface area contributed by atoms with E-state index in [1.165, 1.54) is 0 Å². The molecule has 5 nitrogen and oxygen atoms in total. The predicted octanol–water partition coefficient (Wildman–Crippen LogP) is 2.36. The fraction of sp³-hybridized carbons (Fsp3) is 0.500. The number of carbonyl (C=O) groups excluding carboxylic acids is 1. The molecule has 24 heavy (non-hydrogen) atoms. The zero-order chi connectivity index (χ0) is 17.3. The summed E-state index contributed by atoms with van der Waals surface area (Å²) in [5, 5.41) is 11.2. The van der Waals surface area contributed by atoms with Gasteiger partial charge >= 0.3 is 0 Å². The Balaban J connectivity index is 1.75. The maximum Gasteiger partial charge on any atom is 0.272 e. The van der Waals surface area contributed by atoms with Gasteiger partial charge in [0, 0.05) is 50.7 Å². The van der Waals surface area contributed by atoms with Crippen LogP contribution in [-0.2, 0) is 7.05 Å². The van der Waals surface area contributed by atoms with Gasteiger partial charge in [0.1, 0.15) is 5.69 Å². The third-order valence-electron chi connectivity index (χ3n) is 4.85. The highest BCUT2D eigenvalue weighted by molar-refractivity contribution is 6.38. The van der Waals surface area contributed by atoms with Crippen molar-refractivity contribution in [1.29, 1.82) is 0 Å². The molecule has 0 unspecified atom stereocenters. The third-order valence-corrected chi connectivity index (χ3v) is 5.23. The standard InChI is InChI=1S/C18H24ClN3O2/c1-3-13(23)12-21-8-10-22(11-9-21)18(24)17-16(19)14-6-4-5-7-15(14)20(17)2/h4-7,13,23H,3,8-12H2,1-2H3/t13-/m0/s1. The van der Waals surface area contributed by atoms with Crippen LogP contribution in [0.15, 0.2) is 24.3 Å². The molecule has 1 fully saturated rings. The molecule has 0 spiro atoms. The highest BCUT2D eigenvalue weighted by Crippen LogP contribution is 2.30. The van der Waals surface area contributed by atoms with E-state index in [2.05, 4.69) is 4.90 Å². The van der Waals surface area contributed by atoms with E-state index >= 15 is 0 Å². The minimum Gasteiger partial charge on any atom is -0.392 e. The van der Waals surface area contributed by atoms with Crippen molar-refractivity contribution in [2.75, 3.05) is 32.7 Å². The molecule has 1 aromatic carbocycles. The Kier molecular flexibility index (Phi) is 5.13. The van der Waals surface area contributed by atoms with E-state index in [9.17, 15) is 9.90 Å². The molecule has 1 N–H and O–H groups in total. The molecule has 1 atom stereocenters. The molecular weight excluding hydrogens is 326 g/mol. The predicted molar refractivity (Wildman–Crippen MR) is 96.6 cm³/mol. The first-order valence-electron chi connectivity index (χ1n) is 8.45. The van der Waals surface area contributed by atoms with Crippen LogP contribution in [0, 0.1) is 0 Å². The van der Waals surface area contributed by atoms with Gasteiger partial charge < -0.3 is 14.6 Å². The smallest absolute Gasteiger partial charge is 0.272 e. The number of carbonyl (C=O) groups is 1. The van der Waals surface area contributed by atoms with Gasteiger partial charge in [0.15, 0.2) is 0 Å². The summed E-state index contributed by atoms with van der Waals surface area (Å²) in [6, 6.07) is 7.80. The van der Waals surface area contributed by atoms with Crippen molar-refractivity contribution >= 4 is 28.4 Å². The molecule has 0 saturated carbocycles. The molecule has 2 heterocycles. The Morgan fingerprint density at radius 1 is 1.25 bits per heavy atom. The lowest BCUT2D eigenvalue weighted by atomic mass is 10.2. The zero-order valence-electron chi connectivity index (χ0n) is 14.2. The summed E-state index contributed by atoms with van der Waals surface area (Å²) in [7, 11) is 1.88. The molecule has 6 heteroatoms.